The summed E-state index contributed by atoms with van der Waals surface area (Å²) in [5, 5.41) is 12.8. The van der Waals surface area contributed by atoms with Gasteiger partial charge in [0.2, 0.25) is 0 Å². The van der Waals surface area contributed by atoms with Crippen LogP contribution in [-0.4, -0.2) is 35.6 Å². The largest absolute Gasteiger partial charge is 0.301 e. The summed E-state index contributed by atoms with van der Waals surface area (Å²) in [6.45, 7) is 11.0. The van der Waals surface area contributed by atoms with Crippen LogP contribution >= 0.6 is 0 Å². The molecule has 1 saturated carbocycles. The number of rotatable bonds is 9. The van der Waals surface area contributed by atoms with Crippen molar-refractivity contribution >= 4 is 0 Å². The van der Waals surface area contributed by atoms with Gasteiger partial charge in [0.15, 0.2) is 0 Å². The topological polar surface area (TPSA) is 39.1 Å². The van der Waals surface area contributed by atoms with Crippen LogP contribution in [0.5, 0.6) is 0 Å². The molecular weight excluding hydrogens is 222 g/mol. The predicted octanol–water partition coefficient (Wildman–Crippen LogP) is 2.92. The van der Waals surface area contributed by atoms with E-state index in [1.54, 1.807) is 0 Å². The first-order valence-corrected chi connectivity index (χ1v) is 7.43. The summed E-state index contributed by atoms with van der Waals surface area (Å²) >= 11 is 0. The monoisotopic (exact) mass is 251 g/mol. The third-order valence-corrected chi connectivity index (χ3v) is 3.71. The number of nitrogens with one attached hydrogen (secondary N) is 1. The lowest BCUT2D eigenvalue weighted by molar-refractivity contribution is 0.211. The van der Waals surface area contributed by atoms with Gasteiger partial charge in [-0.1, -0.05) is 6.92 Å². The Hall–Kier alpha value is -0.590. The van der Waals surface area contributed by atoms with Gasteiger partial charge in [0.25, 0.3) is 0 Å². The van der Waals surface area contributed by atoms with E-state index < -0.39 is 0 Å². The third kappa shape index (κ3) is 5.37. The van der Waals surface area contributed by atoms with Gasteiger partial charge >= 0.3 is 0 Å². The van der Waals surface area contributed by atoms with Crippen molar-refractivity contribution in [1.82, 2.24) is 10.2 Å². The molecule has 1 rings (SSSR count). The van der Waals surface area contributed by atoms with Crippen LogP contribution in [0.4, 0.5) is 0 Å². The zero-order valence-electron chi connectivity index (χ0n) is 12.5. The van der Waals surface area contributed by atoms with E-state index in [4.69, 9.17) is 0 Å². The average Bonchev–Trinajstić information content (AvgIpc) is 3.11. The van der Waals surface area contributed by atoms with Crippen LogP contribution in [0.3, 0.4) is 0 Å². The molecule has 1 N–H and O–H groups in total. The van der Waals surface area contributed by atoms with Gasteiger partial charge < -0.3 is 4.90 Å². The zero-order chi connectivity index (χ0) is 13.6. The first-order valence-electron chi connectivity index (χ1n) is 7.43. The number of nitriles is 1. The van der Waals surface area contributed by atoms with Gasteiger partial charge in [-0.2, -0.15) is 5.26 Å². The molecule has 0 aromatic heterocycles. The van der Waals surface area contributed by atoms with Crippen molar-refractivity contribution in [3.05, 3.63) is 0 Å². The highest BCUT2D eigenvalue weighted by atomic mass is 15.1. The summed E-state index contributed by atoms with van der Waals surface area (Å²) in [4.78, 5) is 2.51. The van der Waals surface area contributed by atoms with E-state index in [0.29, 0.717) is 12.1 Å². The molecule has 104 valence electrons. The van der Waals surface area contributed by atoms with E-state index in [1.165, 1.54) is 19.3 Å². The highest BCUT2D eigenvalue weighted by Crippen LogP contribution is 2.24. The first kappa shape index (κ1) is 15.5. The van der Waals surface area contributed by atoms with Crippen molar-refractivity contribution < 1.29 is 0 Å². The fourth-order valence-corrected chi connectivity index (χ4v) is 2.39. The van der Waals surface area contributed by atoms with Gasteiger partial charge in [-0.05, 0) is 66.0 Å². The van der Waals surface area contributed by atoms with Gasteiger partial charge in [-0.25, -0.2) is 0 Å². The third-order valence-electron chi connectivity index (χ3n) is 3.71. The van der Waals surface area contributed by atoms with E-state index in [-0.39, 0.29) is 5.54 Å². The van der Waals surface area contributed by atoms with Crippen LogP contribution in [0.15, 0.2) is 0 Å². The second-order valence-electron chi connectivity index (χ2n) is 6.10. The van der Waals surface area contributed by atoms with Crippen LogP contribution in [0.25, 0.3) is 0 Å². The molecule has 0 amide bonds. The van der Waals surface area contributed by atoms with Crippen LogP contribution in [0.1, 0.15) is 59.8 Å². The van der Waals surface area contributed by atoms with E-state index >= 15 is 0 Å². The van der Waals surface area contributed by atoms with Crippen LogP contribution in [-0.2, 0) is 0 Å². The number of hydrogen-bond acceptors (Lipinski definition) is 3. The fraction of sp³-hybridized carbons (Fsp3) is 0.933. The maximum Gasteiger partial charge on any atom is 0.104 e. The molecule has 0 saturated heterocycles. The van der Waals surface area contributed by atoms with Gasteiger partial charge in [-0.15, -0.1) is 0 Å². The smallest absolute Gasteiger partial charge is 0.104 e. The van der Waals surface area contributed by atoms with Crippen molar-refractivity contribution in [1.29, 1.82) is 5.26 Å². The zero-order valence-corrected chi connectivity index (χ0v) is 12.5. The van der Waals surface area contributed by atoms with Crippen LogP contribution in [0.2, 0.25) is 0 Å². The quantitative estimate of drug-likeness (QED) is 0.685. The molecule has 0 heterocycles. The normalized spacial score (nSPS) is 18.9. The number of hydrogen-bond donors (Lipinski definition) is 1. The molecule has 0 aliphatic heterocycles. The Morgan fingerprint density at radius 3 is 2.50 bits per heavy atom. The molecule has 0 aromatic rings. The molecule has 1 fully saturated rings. The molecule has 1 aliphatic rings. The minimum Gasteiger partial charge on any atom is -0.301 e. The molecule has 1 atom stereocenters. The summed E-state index contributed by atoms with van der Waals surface area (Å²) < 4.78 is 0. The van der Waals surface area contributed by atoms with Crippen molar-refractivity contribution in [2.75, 3.05) is 13.1 Å². The lowest BCUT2D eigenvalue weighted by Crippen LogP contribution is -2.43. The summed E-state index contributed by atoms with van der Waals surface area (Å²) in [7, 11) is 0. The van der Waals surface area contributed by atoms with E-state index in [1.807, 2.05) is 6.92 Å². The predicted molar refractivity (Wildman–Crippen MR) is 76.4 cm³/mol. The Morgan fingerprint density at radius 1 is 1.39 bits per heavy atom. The summed E-state index contributed by atoms with van der Waals surface area (Å²) in [5.41, 5.74) is -0.323. The Kier molecular flexibility index (Phi) is 6.11. The first-order chi connectivity index (χ1) is 8.50. The van der Waals surface area contributed by atoms with Gasteiger partial charge in [0.1, 0.15) is 5.54 Å². The SMILES string of the molecule is CCCN(CCCC(C)(C#N)NC1CC1)C(C)C. The standard InChI is InChI=1S/C15H29N3/c1-5-10-18(13(2)3)11-6-9-15(4,12-16)17-14-7-8-14/h13-14,17H,5-11H2,1-4H3. The van der Waals surface area contributed by atoms with E-state index in [0.717, 1.165) is 25.9 Å². The van der Waals surface area contributed by atoms with Crippen molar-refractivity contribution in [3.63, 3.8) is 0 Å². The van der Waals surface area contributed by atoms with Gasteiger partial charge in [0, 0.05) is 12.1 Å². The van der Waals surface area contributed by atoms with Gasteiger partial charge in [-0.3, -0.25) is 5.32 Å². The minimum atomic E-state index is -0.323. The molecule has 0 aromatic carbocycles. The molecule has 1 unspecified atom stereocenters. The average molecular weight is 251 g/mol. The molecule has 0 bridgehead atoms. The molecule has 1 aliphatic carbocycles. The second-order valence-corrected chi connectivity index (χ2v) is 6.10. The molecular formula is C15H29N3. The summed E-state index contributed by atoms with van der Waals surface area (Å²) in [6.07, 6.45) is 5.74. The van der Waals surface area contributed by atoms with Crippen molar-refractivity contribution in [2.24, 2.45) is 0 Å². The second kappa shape index (κ2) is 7.11. The highest BCUT2D eigenvalue weighted by molar-refractivity contribution is 5.07. The molecule has 18 heavy (non-hydrogen) atoms. The van der Waals surface area contributed by atoms with Crippen molar-refractivity contribution in [3.8, 4) is 6.07 Å². The van der Waals surface area contributed by atoms with Crippen LogP contribution < -0.4 is 5.32 Å². The Morgan fingerprint density at radius 2 is 2.06 bits per heavy atom. The highest BCUT2D eigenvalue weighted by Gasteiger charge is 2.32. The van der Waals surface area contributed by atoms with E-state index in [9.17, 15) is 5.26 Å². The lowest BCUT2D eigenvalue weighted by Gasteiger charge is -2.28. The molecule has 3 nitrogen and oxygen atoms in total. The Bertz CT molecular complexity index is 278. The lowest BCUT2D eigenvalue weighted by atomic mass is 9.97. The van der Waals surface area contributed by atoms with Crippen molar-refractivity contribution in [2.45, 2.75) is 77.4 Å². The van der Waals surface area contributed by atoms with Crippen LogP contribution in [0, 0.1) is 11.3 Å². The Labute approximate surface area is 113 Å². The minimum absolute atomic E-state index is 0.323. The maximum absolute atomic E-state index is 9.31. The Balaban J connectivity index is 2.30. The maximum atomic E-state index is 9.31. The molecule has 3 heteroatoms. The van der Waals surface area contributed by atoms with E-state index in [2.05, 4.69) is 37.1 Å². The fourth-order valence-electron chi connectivity index (χ4n) is 2.39. The van der Waals surface area contributed by atoms with Gasteiger partial charge in [0.05, 0.1) is 6.07 Å². The molecule has 0 radical (unpaired) electrons. The number of nitrogens with zero attached hydrogens (tertiary/aromatic N) is 2. The summed E-state index contributed by atoms with van der Waals surface area (Å²) in [5.74, 6) is 0. The summed E-state index contributed by atoms with van der Waals surface area (Å²) in [6, 6.07) is 3.66. The molecule has 0 spiro atoms.